The van der Waals surface area contributed by atoms with E-state index < -0.39 is 11.8 Å². The first kappa shape index (κ1) is 21.4. The molecule has 2 aromatic rings. The number of fused-ring (bicyclic) bond motifs is 1. The Morgan fingerprint density at radius 3 is 2.67 bits per heavy atom. The number of aryl methyl sites for hydroxylation is 1. The van der Waals surface area contributed by atoms with Crippen molar-refractivity contribution in [3.05, 3.63) is 64.3 Å². The van der Waals surface area contributed by atoms with Gasteiger partial charge < -0.3 is 22.2 Å². The highest BCUT2D eigenvalue weighted by Gasteiger charge is 2.24. The summed E-state index contributed by atoms with van der Waals surface area (Å²) in [6, 6.07) is 12.1. The third-order valence-electron chi connectivity index (χ3n) is 5.38. The molecule has 1 aliphatic heterocycles. The maximum absolute atomic E-state index is 11.9. The number of benzene rings is 2. The first-order valence-electron chi connectivity index (χ1n) is 10.1. The van der Waals surface area contributed by atoms with Crippen LogP contribution in [0.4, 0.5) is 11.4 Å². The van der Waals surface area contributed by atoms with Gasteiger partial charge in [0.2, 0.25) is 5.91 Å². The number of hydrazine groups is 1. The summed E-state index contributed by atoms with van der Waals surface area (Å²) in [6.07, 6.45) is 0. The minimum absolute atomic E-state index is 0.367. The summed E-state index contributed by atoms with van der Waals surface area (Å²) in [5.41, 5.74) is 26.1. The van der Waals surface area contributed by atoms with E-state index in [2.05, 4.69) is 23.1 Å². The summed E-state index contributed by atoms with van der Waals surface area (Å²) < 4.78 is 0. The molecule has 0 bridgehead atoms. The van der Waals surface area contributed by atoms with Gasteiger partial charge in [-0.25, -0.2) is 5.43 Å². The number of para-hydroxylation sites is 1. The number of nitrogens with zero attached hydrogens (tertiary/aromatic N) is 1. The van der Waals surface area contributed by atoms with Gasteiger partial charge in [-0.3, -0.25) is 9.79 Å². The molecule has 3 rings (SSSR count). The van der Waals surface area contributed by atoms with Gasteiger partial charge in [-0.2, -0.15) is 0 Å². The zero-order chi connectivity index (χ0) is 21.8. The molecule has 1 atom stereocenters. The second-order valence-electron chi connectivity index (χ2n) is 7.46. The number of nitrogens with one attached hydrogen (secondary N) is 3. The smallest absolute Gasteiger partial charge is 0.226 e. The normalized spacial score (nSPS) is 15.1. The number of primary amides is 1. The molecule has 7 nitrogen and oxygen atoms in total. The lowest BCUT2D eigenvalue weighted by atomic mass is 9.93. The summed E-state index contributed by atoms with van der Waals surface area (Å²) in [7, 11) is 0. The quantitative estimate of drug-likeness (QED) is 0.453. The molecule has 1 aliphatic rings. The van der Waals surface area contributed by atoms with E-state index in [1.54, 1.807) is 6.92 Å². The van der Waals surface area contributed by atoms with Gasteiger partial charge in [0.25, 0.3) is 0 Å². The van der Waals surface area contributed by atoms with Crippen molar-refractivity contribution in [1.29, 1.82) is 0 Å². The number of hydrogen-bond donors (Lipinski definition) is 5. The van der Waals surface area contributed by atoms with Crippen molar-refractivity contribution < 1.29 is 4.79 Å². The third-order valence-corrected chi connectivity index (χ3v) is 5.38. The Morgan fingerprint density at radius 2 is 1.97 bits per heavy atom. The highest BCUT2D eigenvalue weighted by Crippen LogP contribution is 2.35. The summed E-state index contributed by atoms with van der Waals surface area (Å²) in [6.45, 7) is 9.18. The van der Waals surface area contributed by atoms with Crippen LogP contribution in [0, 0.1) is 12.8 Å². The van der Waals surface area contributed by atoms with Crippen LogP contribution in [0.5, 0.6) is 0 Å². The van der Waals surface area contributed by atoms with Gasteiger partial charge in [0, 0.05) is 46.9 Å². The molecule has 2 aromatic carbocycles. The Morgan fingerprint density at radius 1 is 1.23 bits per heavy atom. The third kappa shape index (κ3) is 4.16. The van der Waals surface area contributed by atoms with Crippen molar-refractivity contribution in [2.75, 3.05) is 17.3 Å². The van der Waals surface area contributed by atoms with Crippen molar-refractivity contribution in [2.45, 2.75) is 34.2 Å². The monoisotopic (exact) mass is 406 g/mol. The predicted molar refractivity (Wildman–Crippen MR) is 124 cm³/mol. The molecule has 158 valence electrons. The molecular weight excluding hydrogens is 376 g/mol. The molecule has 30 heavy (non-hydrogen) atoms. The Balaban J connectivity index is 2.24. The van der Waals surface area contributed by atoms with Crippen LogP contribution in [0.25, 0.3) is 5.70 Å². The standard InChI is InChI=1S/C23H30N6O/c1-5-26-18-9-7-6-8-16(18)15(4)28-22(21(24)14(3)23(25)30)20-13(2)10-11-19-17(20)12-27-29-19/h6-11,14,26-27,29H,5,12,24H2,1-4H3,(H2,25,30)/b22-21+,28-15?. The Hall–Kier alpha value is -3.32. The number of carbonyl (C=O) groups is 1. The molecular formula is C23H30N6O. The number of nitrogens with two attached hydrogens (primary N) is 2. The average Bonchev–Trinajstić information content (AvgIpc) is 3.20. The van der Waals surface area contributed by atoms with Crippen LogP contribution in [0.1, 0.15) is 43.0 Å². The summed E-state index contributed by atoms with van der Waals surface area (Å²) in [5, 5.41) is 3.37. The zero-order valence-corrected chi connectivity index (χ0v) is 18.0. The van der Waals surface area contributed by atoms with Crippen LogP contribution in [0.15, 0.2) is 47.1 Å². The van der Waals surface area contributed by atoms with E-state index in [0.29, 0.717) is 17.9 Å². The van der Waals surface area contributed by atoms with Gasteiger partial charge >= 0.3 is 0 Å². The Labute approximate surface area is 177 Å². The SMILES string of the molecule is CCNc1ccccc1C(C)=N/C(=C(/N)C(C)C(N)=O)c1c(C)ccc2c1CNN2. The molecule has 7 N–H and O–H groups in total. The molecule has 7 heteroatoms. The van der Waals surface area contributed by atoms with Crippen LogP contribution in [-0.4, -0.2) is 18.2 Å². The van der Waals surface area contributed by atoms with E-state index in [0.717, 1.165) is 45.9 Å². The van der Waals surface area contributed by atoms with Crippen LogP contribution in [0.2, 0.25) is 0 Å². The lowest BCUT2D eigenvalue weighted by molar-refractivity contribution is -0.120. The maximum atomic E-state index is 11.9. The topological polar surface area (TPSA) is 118 Å². The van der Waals surface area contributed by atoms with E-state index in [4.69, 9.17) is 16.5 Å². The fourth-order valence-electron chi connectivity index (χ4n) is 3.62. The highest BCUT2D eigenvalue weighted by molar-refractivity contribution is 6.06. The maximum Gasteiger partial charge on any atom is 0.226 e. The zero-order valence-electron chi connectivity index (χ0n) is 18.0. The van der Waals surface area contributed by atoms with Gasteiger partial charge in [-0.05, 0) is 45.4 Å². The molecule has 0 aliphatic carbocycles. The van der Waals surface area contributed by atoms with Crippen LogP contribution in [-0.2, 0) is 11.3 Å². The minimum Gasteiger partial charge on any atom is -0.400 e. The van der Waals surface area contributed by atoms with E-state index >= 15 is 0 Å². The van der Waals surface area contributed by atoms with Gasteiger partial charge in [-0.15, -0.1) is 0 Å². The van der Waals surface area contributed by atoms with E-state index in [-0.39, 0.29) is 0 Å². The number of hydrogen-bond acceptors (Lipinski definition) is 6. The van der Waals surface area contributed by atoms with Crippen molar-refractivity contribution >= 4 is 28.7 Å². The second-order valence-corrected chi connectivity index (χ2v) is 7.46. The first-order valence-corrected chi connectivity index (χ1v) is 10.1. The summed E-state index contributed by atoms with van der Waals surface area (Å²) in [4.78, 5) is 16.9. The van der Waals surface area contributed by atoms with Crippen molar-refractivity contribution in [3.63, 3.8) is 0 Å². The molecule has 0 spiro atoms. The Kier molecular flexibility index (Phi) is 6.42. The number of aliphatic imine (C=N–C) groups is 1. The van der Waals surface area contributed by atoms with Crippen LogP contribution < -0.4 is 27.6 Å². The fraction of sp³-hybridized carbons (Fsp3) is 0.304. The van der Waals surface area contributed by atoms with Crippen LogP contribution >= 0.6 is 0 Å². The molecule has 0 saturated heterocycles. The molecule has 0 saturated carbocycles. The molecule has 1 heterocycles. The van der Waals surface area contributed by atoms with Crippen LogP contribution in [0.3, 0.4) is 0 Å². The molecule has 1 unspecified atom stereocenters. The lowest BCUT2D eigenvalue weighted by Gasteiger charge is -2.18. The summed E-state index contributed by atoms with van der Waals surface area (Å²) >= 11 is 0. The highest BCUT2D eigenvalue weighted by atomic mass is 16.1. The van der Waals surface area contributed by atoms with Gasteiger partial charge in [-0.1, -0.05) is 24.3 Å². The molecule has 0 fully saturated rings. The average molecular weight is 407 g/mol. The van der Waals surface area contributed by atoms with Gasteiger partial charge in [0.1, 0.15) is 0 Å². The number of carbonyl (C=O) groups excluding carboxylic acids is 1. The van der Waals surface area contributed by atoms with Crippen molar-refractivity contribution in [1.82, 2.24) is 5.43 Å². The molecule has 0 radical (unpaired) electrons. The largest absolute Gasteiger partial charge is 0.400 e. The second kappa shape index (κ2) is 9.00. The number of amides is 1. The molecule has 0 aromatic heterocycles. The Bertz CT molecular complexity index is 1020. The predicted octanol–water partition coefficient (Wildman–Crippen LogP) is 3.11. The number of anilines is 2. The van der Waals surface area contributed by atoms with E-state index in [9.17, 15) is 4.79 Å². The summed E-state index contributed by atoms with van der Waals surface area (Å²) in [5.74, 6) is -1.12. The van der Waals surface area contributed by atoms with Crippen molar-refractivity contribution in [2.24, 2.45) is 22.4 Å². The first-order chi connectivity index (χ1) is 14.3. The number of rotatable bonds is 7. The minimum atomic E-state index is -0.641. The van der Waals surface area contributed by atoms with Gasteiger partial charge in [0.15, 0.2) is 0 Å². The lowest BCUT2D eigenvalue weighted by Crippen LogP contribution is -2.27. The van der Waals surface area contributed by atoms with E-state index in [1.807, 2.05) is 50.2 Å². The van der Waals surface area contributed by atoms with E-state index in [1.165, 1.54) is 0 Å². The van der Waals surface area contributed by atoms with Crippen molar-refractivity contribution in [3.8, 4) is 0 Å². The van der Waals surface area contributed by atoms with Gasteiger partial charge in [0.05, 0.1) is 17.3 Å². The fourth-order valence-corrected chi connectivity index (χ4v) is 3.62. The molecule has 1 amide bonds.